The molecule has 1 rings (SSSR count). The van der Waals surface area contributed by atoms with Crippen LogP contribution in [0.5, 0.6) is 0 Å². The Bertz CT molecular complexity index is 174. The van der Waals surface area contributed by atoms with Gasteiger partial charge in [-0.1, -0.05) is 6.07 Å². The van der Waals surface area contributed by atoms with Crippen LogP contribution >= 0.6 is 11.8 Å². The van der Waals surface area contributed by atoms with E-state index >= 15 is 0 Å². The van der Waals surface area contributed by atoms with Crippen LogP contribution in [0, 0.1) is 0 Å². The molecule has 0 aliphatic heterocycles. The lowest BCUT2D eigenvalue weighted by atomic mass is 10.3. The SMILES string of the molecule is CSc1ccc(CO)cn1. The number of nitrogens with zero attached hydrogens (tertiary/aromatic N) is 1. The van der Waals surface area contributed by atoms with Gasteiger partial charge in [-0.05, 0) is 17.9 Å². The Balaban J connectivity index is 2.80. The normalized spacial score (nSPS) is 9.80. The number of hydrogen-bond donors (Lipinski definition) is 1. The third-order valence-electron chi connectivity index (χ3n) is 1.19. The van der Waals surface area contributed by atoms with Gasteiger partial charge in [0.2, 0.25) is 0 Å². The first-order valence-electron chi connectivity index (χ1n) is 2.96. The molecule has 0 aliphatic carbocycles. The molecule has 1 heterocycles. The molecule has 1 aromatic heterocycles. The highest BCUT2D eigenvalue weighted by molar-refractivity contribution is 7.98. The Kier molecular flexibility index (Phi) is 2.71. The summed E-state index contributed by atoms with van der Waals surface area (Å²) < 4.78 is 0. The van der Waals surface area contributed by atoms with Crippen LogP contribution in [0.25, 0.3) is 0 Å². The van der Waals surface area contributed by atoms with Gasteiger partial charge in [0.15, 0.2) is 0 Å². The monoisotopic (exact) mass is 155 g/mol. The van der Waals surface area contributed by atoms with E-state index in [2.05, 4.69) is 4.98 Å². The maximum atomic E-state index is 8.65. The first-order chi connectivity index (χ1) is 4.86. The molecule has 0 bridgehead atoms. The number of aliphatic hydroxyl groups excluding tert-OH is 1. The molecule has 0 fully saturated rings. The van der Waals surface area contributed by atoms with E-state index in [1.54, 1.807) is 18.0 Å². The van der Waals surface area contributed by atoms with Crippen LogP contribution in [0.3, 0.4) is 0 Å². The van der Waals surface area contributed by atoms with Gasteiger partial charge in [-0.2, -0.15) is 0 Å². The topological polar surface area (TPSA) is 33.1 Å². The van der Waals surface area contributed by atoms with E-state index < -0.39 is 0 Å². The van der Waals surface area contributed by atoms with Crippen molar-refractivity contribution in [2.45, 2.75) is 11.6 Å². The molecule has 0 aromatic carbocycles. The third kappa shape index (κ3) is 1.72. The van der Waals surface area contributed by atoms with Crippen molar-refractivity contribution in [3.8, 4) is 0 Å². The van der Waals surface area contributed by atoms with Gasteiger partial charge in [-0.25, -0.2) is 4.98 Å². The van der Waals surface area contributed by atoms with Gasteiger partial charge in [0.1, 0.15) is 0 Å². The molecule has 0 spiro atoms. The van der Waals surface area contributed by atoms with E-state index in [-0.39, 0.29) is 6.61 Å². The predicted molar refractivity (Wildman–Crippen MR) is 41.9 cm³/mol. The molecule has 1 N–H and O–H groups in total. The molecule has 0 saturated carbocycles. The van der Waals surface area contributed by atoms with Crippen molar-refractivity contribution >= 4 is 11.8 Å². The molecule has 2 nitrogen and oxygen atoms in total. The van der Waals surface area contributed by atoms with E-state index in [9.17, 15) is 0 Å². The Morgan fingerprint density at radius 3 is 2.80 bits per heavy atom. The lowest BCUT2D eigenvalue weighted by Gasteiger charge is -1.95. The summed E-state index contributed by atoms with van der Waals surface area (Å²) >= 11 is 1.60. The molecule has 1 aromatic rings. The van der Waals surface area contributed by atoms with Crippen molar-refractivity contribution in [2.24, 2.45) is 0 Å². The number of rotatable bonds is 2. The van der Waals surface area contributed by atoms with Crippen LogP contribution in [-0.2, 0) is 6.61 Å². The number of hydrogen-bond acceptors (Lipinski definition) is 3. The van der Waals surface area contributed by atoms with Crippen LogP contribution in [0.4, 0.5) is 0 Å². The summed E-state index contributed by atoms with van der Waals surface area (Å²) in [6.45, 7) is 0.0711. The van der Waals surface area contributed by atoms with Crippen LogP contribution in [0.2, 0.25) is 0 Å². The second kappa shape index (κ2) is 3.58. The van der Waals surface area contributed by atoms with Crippen molar-refractivity contribution in [1.29, 1.82) is 0 Å². The summed E-state index contributed by atoms with van der Waals surface area (Å²) in [5.41, 5.74) is 0.859. The second-order valence-corrected chi connectivity index (χ2v) is 2.69. The molecule has 0 atom stereocenters. The molecular weight excluding hydrogens is 146 g/mol. The van der Waals surface area contributed by atoms with Gasteiger partial charge in [-0.15, -0.1) is 11.8 Å². The van der Waals surface area contributed by atoms with Gasteiger partial charge in [0.05, 0.1) is 11.6 Å². The van der Waals surface area contributed by atoms with E-state index in [4.69, 9.17) is 5.11 Å². The van der Waals surface area contributed by atoms with Gasteiger partial charge >= 0.3 is 0 Å². The third-order valence-corrected chi connectivity index (χ3v) is 1.85. The molecule has 0 aliphatic rings. The fourth-order valence-corrected chi connectivity index (χ4v) is 0.987. The zero-order valence-electron chi connectivity index (χ0n) is 5.74. The molecule has 0 radical (unpaired) electrons. The maximum Gasteiger partial charge on any atom is 0.0957 e. The van der Waals surface area contributed by atoms with Crippen molar-refractivity contribution < 1.29 is 5.11 Å². The highest BCUT2D eigenvalue weighted by Gasteiger charge is 1.90. The zero-order valence-corrected chi connectivity index (χ0v) is 6.56. The number of aromatic nitrogens is 1. The first kappa shape index (κ1) is 7.57. The van der Waals surface area contributed by atoms with Gasteiger partial charge in [-0.3, -0.25) is 0 Å². The summed E-state index contributed by atoms with van der Waals surface area (Å²) in [4.78, 5) is 4.07. The first-order valence-corrected chi connectivity index (χ1v) is 4.19. The standard InChI is InChI=1S/C7H9NOS/c1-10-7-3-2-6(5-9)4-8-7/h2-4,9H,5H2,1H3. The van der Waals surface area contributed by atoms with E-state index in [0.717, 1.165) is 10.6 Å². The highest BCUT2D eigenvalue weighted by Crippen LogP contribution is 2.10. The predicted octanol–water partition coefficient (Wildman–Crippen LogP) is 1.30. The van der Waals surface area contributed by atoms with Crippen molar-refractivity contribution in [1.82, 2.24) is 4.98 Å². The van der Waals surface area contributed by atoms with Crippen molar-refractivity contribution in [3.63, 3.8) is 0 Å². The number of thioether (sulfide) groups is 1. The van der Waals surface area contributed by atoms with Crippen LogP contribution in [0.1, 0.15) is 5.56 Å². The van der Waals surface area contributed by atoms with Crippen molar-refractivity contribution in [3.05, 3.63) is 23.9 Å². The van der Waals surface area contributed by atoms with E-state index in [1.165, 1.54) is 0 Å². The number of pyridine rings is 1. The van der Waals surface area contributed by atoms with Crippen LogP contribution in [-0.4, -0.2) is 16.3 Å². The Morgan fingerprint density at radius 1 is 1.60 bits per heavy atom. The molecule has 0 amide bonds. The molecule has 54 valence electrons. The summed E-state index contributed by atoms with van der Waals surface area (Å²) in [5.74, 6) is 0. The maximum absolute atomic E-state index is 8.65. The summed E-state index contributed by atoms with van der Waals surface area (Å²) in [6, 6.07) is 3.77. The lowest BCUT2D eigenvalue weighted by Crippen LogP contribution is -1.84. The quantitative estimate of drug-likeness (QED) is 0.653. The molecular formula is C7H9NOS. The van der Waals surface area contributed by atoms with Gasteiger partial charge < -0.3 is 5.11 Å². The largest absolute Gasteiger partial charge is 0.392 e. The minimum Gasteiger partial charge on any atom is -0.392 e. The molecule has 0 unspecified atom stereocenters. The minimum absolute atomic E-state index is 0.0711. The van der Waals surface area contributed by atoms with E-state index in [1.807, 2.05) is 18.4 Å². The fourth-order valence-electron chi connectivity index (χ4n) is 0.625. The number of aliphatic hydroxyl groups is 1. The minimum atomic E-state index is 0.0711. The fraction of sp³-hybridized carbons (Fsp3) is 0.286. The summed E-state index contributed by atoms with van der Waals surface area (Å²) in [7, 11) is 0. The van der Waals surface area contributed by atoms with Crippen molar-refractivity contribution in [2.75, 3.05) is 6.26 Å². The Hall–Kier alpha value is -0.540. The zero-order chi connectivity index (χ0) is 7.40. The van der Waals surface area contributed by atoms with Gasteiger partial charge in [0, 0.05) is 6.20 Å². The molecule has 0 saturated heterocycles. The average molecular weight is 155 g/mol. The van der Waals surface area contributed by atoms with Gasteiger partial charge in [0.25, 0.3) is 0 Å². The van der Waals surface area contributed by atoms with Crippen LogP contribution in [0.15, 0.2) is 23.4 Å². The summed E-state index contributed by atoms with van der Waals surface area (Å²) in [6.07, 6.45) is 3.66. The molecule has 10 heavy (non-hydrogen) atoms. The Morgan fingerprint density at radius 2 is 2.40 bits per heavy atom. The Labute approximate surface area is 64.3 Å². The second-order valence-electron chi connectivity index (χ2n) is 1.87. The summed E-state index contributed by atoms with van der Waals surface area (Å²) in [5, 5.41) is 9.64. The molecule has 3 heteroatoms. The average Bonchev–Trinajstić information content (AvgIpc) is 2.05. The lowest BCUT2D eigenvalue weighted by molar-refractivity contribution is 0.281. The highest BCUT2D eigenvalue weighted by atomic mass is 32.2. The van der Waals surface area contributed by atoms with Crippen LogP contribution < -0.4 is 0 Å². The smallest absolute Gasteiger partial charge is 0.0957 e. The van der Waals surface area contributed by atoms with E-state index in [0.29, 0.717) is 0 Å².